The summed E-state index contributed by atoms with van der Waals surface area (Å²) in [5.41, 5.74) is 0.403. The molecule has 0 radical (unpaired) electrons. The molecule has 0 amide bonds. The molecule has 2 heterocycles. The fourth-order valence-electron chi connectivity index (χ4n) is 2.42. The Morgan fingerprint density at radius 3 is 3.12 bits per heavy atom. The molecule has 86 valence electrons. The molecule has 2 unspecified atom stereocenters. The van der Waals surface area contributed by atoms with Gasteiger partial charge in [0.1, 0.15) is 11.4 Å². The molecule has 1 aromatic rings. The van der Waals surface area contributed by atoms with Gasteiger partial charge >= 0.3 is 0 Å². The number of halogens is 2. The third-order valence-corrected chi connectivity index (χ3v) is 3.82. The second-order valence-corrected chi connectivity index (χ2v) is 5.30. The number of ether oxygens (including phenoxy) is 2. The van der Waals surface area contributed by atoms with Gasteiger partial charge in [0.15, 0.2) is 6.17 Å². The fourth-order valence-corrected chi connectivity index (χ4v) is 2.83. The van der Waals surface area contributed by atoms with Gasteiger partial charge in [-0.1, -0.05) is 15.9 Å². The van der Waals surface area contributed by atoms with Crippen LogP contribution in [-0.2, 0) is 11.2 Å². The van der Waals surface area contributed by atoms with E-state index in [0.717, 1.165) is 15.8 Å². The Morgan fingerprint density at radius 1 is 1.44 bits per heavy atom. The van der Waals surface area contributed by atoms with Crippen LogP contribution in [0.1, 0.15) is 12.0 Å². The summed E-state index contributed by atoms with van der Waals surface area (Å²) in [6.07, 6.45) is 0.236. The number of hydrogen-bond acceptors (Lipinski definition) is 2. The van der Waals surface area contributed by atoms with E-state index in [1.807, 2.05) is 18.2 Å². The summed E-state index contributed by atoms with van der Waals surface area (Å²) in [5, 5.41) is 0. The third kappa shape index (κ3) is 1.55. The lowest BCUT2D eigenvalue weighted by molar-refractivity contribution is -0.0954. The highest BCUT2D eigenvalue weighted by Gasteiger charge is 2.48. The summed E-state index contributed by atoms with van der Waals surface area (Å²) in [5.74, 6) is 0.813. The highest BCUT2D eigenvalue weighted by molar-refractivity contribution is 9.10. The average molecular weight is 287 g/mol. The molecule has 2 aliphatic heterocycles. The smallest absolute Gasteiger partial charge is 0.163 e. The molecule has 0 saturated carbocycles. The quantitative estimate of drug-likeness (QED) is 0.730. The van der Waals surface area contributed by atoms with Crippen molar-refractivity contribution in [2.45, 2.75) is 24.6 Å². The van der Waals surface area contributed by atoms with Crippen molar-refractivity contribution in [2.75, 3.05) is 13.2 Å². The van der Waals surface area contributed by atoms with E-state index < -0.39 is 11.8 Å². The molecule has 4 heteroatoms. The number of rotatable bonds is 0. The first-order chi connectivity index (χ1) is 7.70. The Bertz CT molecular complexity index is 423. The number of fused-ring (bicyclic) bond motifs is 1. The van der Waals surface area contributed by atoms with Gasteiger partial charge in [-0.25, -0.2) is 4.39 Å². The van der Waals surface area contributed by atoms with Crippen molar-refractivity contribution < 1.29 is 13.9 Å². The maximum absolute atomic E-state index is 13.9. The van der Waals surface area contributed by atoms with Crippen LogP contribution in [0.2, 0.25) is 0 Å². The van der Waals surface area contributed by atoms with Crippen molar-refractivity contribution >= 4 is 15.9 Å². The molecule has 0 bridgehead atoms. The monoisotopic (exact) mass is 286 g/mol. The van der Waals surface area contributed by atoms with Gasteiger partial charge in [0.05, 0.1) is 13.2 Å². The summed E-state index contributed by atoms with van der Waals surface area (Å²) in [7, 11) is 0. The van der Waals surface area contributed by atoms with Crippen molar-refractivity contribution in [1.82, 2.24) is 0 Å². The molecule has 1 aromatic carbocycles. The summed E-state index contributed by atoms with van der Waals surface area (Å²) in [6, 6.07) is 5.83. The summed E-state index contributed by atoms with van der Waals surface area (Å²) in [6.45, 7) is 0.727. The summed E-state index contributed by atoms with van der Waals surface area (Å²) >= 11 is 3.42. The van der Waals surface area contributed by atoms with Crippen LogP contribution in [0.25, 0.3) is 0 Å². The molecule has 2 atom stereocenters. The van der Waals surface area contributed by atoms with Crippen LogP contribution in [0.4, 0.5) is 4.39 Å². The van der Waals surface area contributed by atoms with E-state index >= 15 is 0 Å². The topological polar surface area (TPSA) is 18.5 Å². The zero-order valence-electron chi connectivity index (χ0n) is 8.71. The van der Waals surface area contributed by atoms with E-state index in [9.17, 15) is 4.39 Å². The largest absolute Gasteiger partial charge is 0.483 e. The lowest BCUT2D eigenvalue weighted by atomic mass is 9.88. The Labute approximate surface area is 102 Å². The van der Waals surface area contributed by atoms with E-state index in [0.29, 0.717) is 19.4 Å². The minimum absolute atomic E-state index is 0.148. The van der Waals surface area contributed by atoms with E-state index in [2.05, 4.69) is 15.9 Å². The highest BCUT2D eigenvalue weighted by atomic mass is 79.9. The van der Waals surface area contributed by atoms with Crippen molar-refractivity contribution in [1.29, 1.82) is 0 Å². The minimum Gasteiger partial charge on any atom is -0.483 e. The average Bonchev–Trinajstić information content (AvgIpc) is 2.61. The molecule has 0 N–H and O–H groups in total. The normalized spacial score (nSPS) is 32.5. The van der Waals surface area contributed by atoms with Crippen LogP contribution in [0, 0.1) is 0 Å². The van der Waals surface area contributed by atoms with Gasteiger partial charge in [0.25, 0.3) is 0 Å². The van der Waals surface area contributed by atoms with Crippen LogP contribution in [0.15, 0.2) is 22.7 Å². The van der Waals surface area contributed by atoms with Crippen molar-refractivity contribution in [3.63, 3.8) is 0 Å². The van der Waals surface area contributed by atoms with Gasteiger partial charge in [-0.2, -0.15) is 0 Å². The molecule has 0 aliphatic carbocycles. The van der Waals surface area contributed by atoms with Crippen molar-refractivity contribution in [2.24, 2.45) is 0 Å². The standard InChI is InChI=1S/C12H12BrFO2/c13-9-1-2-10-8(5-9)6-12(16-10)3-4-15-7-11(12)14/h1-2,5,11H,3-4,6-7H2. The first kappa shape index (κ1) is 10.5. The van der Waals surface area contributed by atoms with E-state index in [1.165, 1.54) is 0 Å². The molecule has 2 nitrogen and oxygen atoms in total. The van der Waals surface area contributed by atoms with Gasteiger partial charge in [-0.3, -0.25) is 0 Å². The van der Waals surface area contributed by atoms with Crippen molar-refractivity contribution in [3.05, 3.63) is 28.2 Å². The van der Waals surface area contributed by atoms with Gasteiger partial charge < -0.3 is 9.47 Å². The zero-order valence-corrected chi connectivity index (χ0v) is 10.3. The fraction of sp³-hybridized carbons (Fsp3) is 0.500. The molecule has 16 heavy (non-hydrogen) atoms. The van der Waals surface area contributed by atoms with Gasteiger partial charge in [-0.15, -0.1) is 0 Å². The lowest BCUT2D eigenvalue weighted by Gasteiger charge is -2.35. The van der Waals surface area contributed by atoms with Gasteiger partial charge in [-0.05, 0) is 23.8 Å². The zero-order chi connectivity index (χ0) is 11.2. The Kier molecular flexibility index (Phi) is 2.44. The molecule has 1 saturated heterocycles. The molecule has 3 rings (SSSR count). The Balaban J connectivity index is 1.93. The third-order valence-electron chi connectivity index (χ3n) is 3.33. The lowest BCUT2D eigenvalue weighted by Crippen LogP contribution is -2.50. The first-order valence-corrected chi connectivity index (χ1v) is 6.18. The van der Waals surface area contributed by atoms with Gasteiger partial charge in [0, 0.05) is 17.3 Å². The van der Waals surface area contributed by atoms with E-state index in [-0.39, 0.29) is 6.61 Å². The van der Waals surface area contributed by atoms with E-state index in [4.69, 9.17) is 9.47 Å². The van der Waals surface area contributed by atoms with E-state index in [1.54, 1.807) is 0 Å². The Hall–Kier alpha value is -0.610. The maximum atomic E-state index is 13.9. The minimum atomic E-state index is -1.03. The number of hydrogen-bond donors (Lipinski definition) is 0. The van der Waals surface area contributed by atoms with Crippen molar-refractivity contribution in [3.8, 4) is 5.75 Å². The molecule has 2 aliphatic rings. The summed E-state index contributed by atoms with van der Waals surface area (Å²) < 4.78 is 25.9. The molecule has 0 aromatic heterocycles. The number of benzene rings is 1. The van der Waals surface area contributed by atoms with Crippen LogP contribution < -0.4 is 4.74 Å². The molecule has 1 spiro atoms. The predicted molar refractivity (Wildman–Crippen MR) is 61.5 cm³/mol. The van der Waals surface area contributed by atoms with Crippen LogP contribution in [0.5, 0.6) is 5.75 Å². The first-order valence-electron chi connectivity index (χ1n) is 5.39. The molecular weight excluding hydrogens is 275 g/mol. The molecule has 1 fully saturated rings. The van der Waals surface area contributed by atoms with Crippen LogP contribution >= 0.6 is 15.9 Å². The van der Waals surface area contributed by atoms with Crippen LogP contribution in [0.3, 0.4) is 0 Å². The highest BCUT2D eigenvalue weighted by Crippen LogP contribution is 2.42. The summed E-state index contributed by atoms with van der Waals surface area (Å²) in [4.78, 5) is 0. The van der Waals surface area contributed by atoms with Crippen LogP contribution in [-0.4, -0.2) is 25.0 Å². The maximum Gasteiger partial charge on any atom is 0.163 e. The Morgan fingerprint density at radius 2 is 2.31 bits per heavy atom. The second-order valence-electron chi connectivity index (χ2n) is 4.39. The number of alkyl halides is 1. The SMILES string of the molecule is FC1COCCC12Cc1cc(Br)ccc1O2. The predicted octanol–water partition coefficient (Wildman–Crippen LogP) is 2.88. The molecular formula is C12H12BrFO2. The second kappa shape index (κ2) is 3.70. The van der Waals surface area contributed by atoms with Gasteiger partial charge in [0.2, 0.25) is 0 Å².